The largest absolute Gasteiger partial charge is 0.493 e. The molecule has 1 aliphatic rings. The molecule has 0 bridgehead atoms. The predicted molar refractivity (Wildman–Crippen MR) is 102 cm³/mol. The van der Waals surface area contributed by atoms with Gasteiger partial charge in [0, 0.05) is 5.02 Å². The third-order valence-corrected chi connectivity index (χ3v) is 4.64. The van der Waals surface area contributed by atoms with Gasteiger partial charge in [-0.15, -0.1) is 0 Å². The lowest BCUT2D eigenvalue weighted by atomic mass is 9.90. The molecule has 0 aromatic heterocycles. The molecule has 0 saturated heterocycles. The van der Waals surface area contributed by atoms with Crippen molar-refractivity contribution in [1.82, 2.24) is 0 Å². The maximum atomic E-state index is 12.5. The van der Waals surface area contributed by atoms with Crippen molar-refractivity contribution in [2.75, 3.05) is 14.2 Å². The zero-order valence-electron chi connectivity index (χ0n) is 14.8. The minimum Gasteiger partial charge on any atom is -0.493 e. The fourth-order valence-electron chi connectivity index (χ4n) is 3.10. The number of benzene rings is 2. The fourth-order valence-corrected chi connectivity index (χ4v) is 3.29. The van der Waals surface area contributed by atoms with E-state index in [1.165, 1.54) is 0 Å². The average molecular weight is 373 g/mol. The maximum absolute atomic E-state index is 12.5. The zero-order valence-corrected chi connectivity index (χ0v) is 15.6. The van der Waals surface area contributed by atoms with Gasteiger partial charge in [0.15, 0.2) is 11.5 Å². The quantitative estimate of drug-likeness (QED) is 0.681. The third-order valence-electron chi connectivity index (χ3n) is 4.41. The number of hydrogen-bond acceptors (Lipinski definition) is 4. The number of methoxy groups -OCH3 is 2. The first-order valence-corrected chi connectivity index (χ1v) is 8.89. The smallest absolute Gasteiger partial charge is 0.338 e. The molecule has 4 nitrogen and oxygen atoms in total. The van der Waals surface area contributed by atoms with Crippen molar-refractivity contribution < 1.29 is 19.0 Å². The number of allylic oxidation sites excluding steroid dienone is 1. The second-order valence-electron chi connectivity index (χ2n) is 6.06. The van der Waals surface area contributed by atoms with Crippen LogP contribution >= 0.6 is 11.6 Å². The molecule has 0 aliphatic heterocycles. The Balaban J connectivity index is 1.84. The van der Waals surface area contributed by atoms with Gasteiger partial charge < -0.3 is 14.2 Å². The van der Waals surface area contributed by atoms with Crippen LogP contribution in [-0.2, 0) is 4.74 Å². The van der Waals surface area contributed by atoms with Crippen molar-refractivity contribution in [2.45, 2.75) is 25.4 Å². The number of ether oxygens (including phenoxy) is 3. The van der Waals surface area contributed by atoms with Crippen LogP contribution in [0.4, 0.5) is 0 Å². The van der Waals surface area contributed by atoms with Gasteiger partial charge in [0.25, 0.3) is 0 Å². The minimum atomic E-state index is -0.370. The van der Waals surface area contributed by atoms with E-state index in [9.17, 15) is 4.79 Å². The van der Waals surface area contributed by atoms with E-state index in [1.54, 1.807) is 38.5 Å². The van der Waals surface area contributed by atoms with E-state index in [4.69, 9.17) is 25.8 Å². The van der Waals surface area contributed by atoms with Crippen LogP contribution in [0.5, 0.6) is 11.5 Å². The summed E-state index contributed by atoms with van der Waals surface area (Å²) >= 11 is 5.97. The Kier molecular flexibility index (Phi) is 5.84. The molecule has 0 radical (unpaired) electrons. The van der Waals surface area contributed by atoms with Crippen LogP contribution < -0.4 is 9.47 Å². The first-order chi connectivity index (χ1) is 12.6. The summed E-state index contributed by atoms with van der Waals surface area (Å²) in [6, 6.07) is 12.5. The molecule has 0 amide bonds. The van der Waals surface area contributed by atoms with Gasteiger partial charge in [-0.2, -0.15) is 0 Å². The summed E-state index contributed by atoms with van der Waals surface area (Å²) in [5, 5.41) is 0.513. The molecule has 2 aromatic rings. The molecule has 3 rings (SSSR count). The molecule has 5 heteroatoms. The Morgan fingerprint density at radius 2 is 1.88 bits per heavy atom. The average Bonchev–Trinajstić information content (AvgIpc) is 2.68. The lowest BCUT2D eigenvalue weighted by Gasteiger charge is -2.25. The number of carbonyl (C=O) groups is 1. The van der Waals surface area contributed by atoms with E-state index in [0.29, 0.717) is 22.1 Å². The van der Waals surface area contributed by atoms with E-state index < -0.39 is 0 Å². The van der Waals surface area contributed by atoms with E-state index >= 15 is 0 Å². The summed E-state index contributed by atoms with van der Waals surface area (Å²) in [6.07, 6.45) is 4.54. The van der Waals surface area contributed by atoms with E-state index in [2.05, 4.69) is 6.08 Å². The Hall–Kier alpha value is -2.46. The molecule has 2 aromatic carbocycles. The summed E-state index contributed by atoms with van der Waals surface area (Å²) in [7, 11) is 3.21. The predicted octanol–water partition coefficient (Wildman–Crippen LogP) is 5.15. The number of esters is 1. The van der Waals surface area contributed by atoms with Gasteiger partial charge in [-0.25, -0.2) is 4.79 Å². The van der Waals surface area contributed by atoms with Crippen LogP contribution in [0.3, 0.4) is 0 Å². The first-order valence-electron chi connectivity index (χ1n) is 8.51. The molecule has 0 fully saturated rings. The van der Waals surface area contributed by atoms with Gasteiger partial charge in [-0.1, -0.05) is 29.8 Å². The number of carbonyl (C=O) groups excluding carboxylic acids is 1. The molecule has 1 atom stereocenters. The van der Waals surface area contributed by atoms with Gasteiger partial charge in [-0.05, 0) is 60.7 Å². The molecular formula is C21H21ClO4. The van der Waals surface area contributed by atoms with Crippen LogP contribution in [0.15, 0.2) is 48.5 Å². The van der Waals surface area contributed by atoms with Gasteiger partial charge in [0.05, 0.1) is 19.8 Å². The van der Waals surface area contributed by atoms with E-state index in [0.717, 1.165) is 30.4 Å². The third kappa shape index (κ3) is 4.02. The highest BCUT2D eigenvalue weighted by atomic mass is 35.5. The minimum absolute atomic E-state index is 0.298. The normalized spacial score (nSPS) is 16.6. The maximum Gasteiger partial charge on any atom is 0.338 e. The van der Waals surface area contributed by atoms with Crippen LogP contribution in [0.1, 0.15) is 35.2 Å². The monoisotopic (exact) mass is 372 g/mol. The van der Waals surface area contributed by atoms with Crippen molar-refractivity contribution in [2.24, 2.45) is 0 Å². The van der Waals surface area contributed by atoms with Crippen molar-refractivity contribution in [1.29, 1.82) is 0 Å². The summed E-state index contributed by atoms with van der Waals surface area (Å²) in [5.74, 6) is 0.947. The molecule has 0 heterocycles. The summed E-state index contributed by atoms with van der Waals surface area (Å²) < 4.78 is 16.5. The number of hydrogen-bond donors (Lipinski definition) is 0. The highest BCUT2D eigenvalue weighted by Crippen LogP contribution is 2.35. The van der Waals surface area contributed by atoms with Gasteiger partial charge in [-0.3, -0.25) is 0 Å². The summed E-state index contributed by atoms with van der Waals surface area (Å²) in [6.45, 7) is 0. The molecule has 0 N–H and O–H groups in total. The first kappa shape index (κ1) is 18.3. The summed E-state index contributed by atoms with van der Waals surface area (Å²) in [4.78, 5) is 12.5. The standard InChI is InChI=1S/C21H21ClO4/c1-24-19-11-10-14(13-20(19)25-2)17-8-3-4-9-18(17)26-21(23)15-6-5-7-16(22)12-15/h5-8,10-13,18H,3-4,9H2,1-2H3. The highest BCUT2D eigenvalue weighted by Gasteiger charge is 2.24. The Labute approximate surface area is 158 Å². The van der Waals surface area contributed by atoms with Crippen LogP contribution in [-0.4, -0.2) is 26.3 Å². The van der Waals surface area contributed by atoms with Crippen LogP contribution in [0, 0.1) is 0 Å². The van der Waals surface area contributed by atoms with Gasteiger partial charge in [0.2, 0.25) is 0 Å². The topological polar surface area (TPSA) is 44.8 Å². The summed E-state index contributed by atoms with van der Waals surface area (Å²) in [5.41, 5.74) is 2.41. The Morgan fingerprint density at radius 1 is 1.08 bits per heavy atom. The fraction of sp³-hybridized carbons (Fsp3) is 0.286. The van der Waals surface area contributed by atoms with Crippen molar-refractivity contribution in [3.05, 3.63) is 64.7 Å². The molecule has 1 unspecified atom stereocenters. The zero-order chi connectivity index (χ0) is 18.5. The highest BCUT2D eigenvalue weighted by molar-refractivity contribution is 6.30. The van der Waals surface area contributed by atoms with Crippen molar-refractivity contribution in [3.63, 3.8) is 0 Å². The number of halogens is 1. The molecular weight excluding hydrogens is 352 g/mol. The lowest BCUT2D eigenvalue weighted by Crippen LogP contribution is -2.22. The van der Waals surface area contributed by atoms with E-state index in [-0.39, 0.29) is 12.1 Å². The van der Waals surface area contributed by atoms with Crippen molar-refractivity contribution in [3.8, 4) is 11.5 Å². The van der Waals surface area contributed by atoms with Gasteiger partial charge >= 0.3 is 5.97 Å². The lowest BCUT2D eigenvalue weighted by molar-refractivity contribution is 0.0389. The molecule has 1 aliphatic carbocycles. The Bertz CT molecular complexity index is 829. The Morgan fingerprint density at radius 3 is 2.62 bits per heavy atom. The molecule has 0 spiro atoms. The molecule has 0 saturated carbocycles. The molecule has 136 valence electrons. The number of rotatable bonds is 5. The van der Waals surface area contributed by atoms with Crippen LogP contribution in [0.2, 0.25) is 5.02 Å². The van der Waals surface area contributed by atoms with Gasteiger partial charge in [0.1, 0.15) is 6.10 Å². The van der Waals surface area contributed by atoms with Crippen molar-refractivity contribution >= 4 is 23.1 Å². The molecule has 26 heavy (non-hydrogen) atoms. The second-order valence-corrected chi connectivity index (χ2v) is 6.50. The van der Waals surface area contributed by atoms with E-state index in [1.807, 2.05) is 18.2 Å². The SMILES string of the molecule is COc1ccc(C2=CCCCC2OC(=O)c2cccc(Cl)c2)cc1OC. The van der Waals surface area contributed by atoms with Crippen LogP contribution in [0.25, 0.3) is 5.57 Å². The second kappa shape index (κ2) is 8.28.